The molecule has 0 bridgehead atoms. The molecule has 8 atom stereocenters. The van der Waals surface area contributed by atoms with E-state index >= 15 is 4.39 Å². The highest BCUT2D eigenvalue weighted by atomic mass is 19.1. The molecule has 19 N–H and O–H groups in total. The number of primary amides is 1. The predicted octanol–water partition coefficient (Wildman–Crippen LogP) is -1.95. The SMILES string of the molecule is Cc1cc2c(F)c(Oc3ncnn4cc(OC[C@@H](C)OC(=O)c5ccc(-c6ccc(C[C@@H](NC(=O)C(CCN)NC(=O)[C@H](CCNC(=O)C[C@@H](C)O)NC(=O)CNC(=O)[C@@H](N)[C@@H](C)O)C(=O)NCC(=O)N[C@@H](CCN)C(=O)NCC(N)=O)cc6)cc5)c(C)c34)ccc2[nH]1. The minimum Gasteiger partial charge on any atom is -0.488 e. The summed E-state index contributed by atoms with van der Waals surface area (Å²) in [6, 6.07) is 11.2. The first-order valence-electron chi connectivity index (χ1n) is 29.7. The number of aliphatic hydroxyl groups excluding tert-OH is 2. The van der Waals surface area contributed by atoms with Gasteiger partial charge in [0.2, 0.25) is 59.0 Å². The number of rotatable bonds is 35. The number of amides is 9. The first kappa shape index (κ1) is 71.9. The van der Waals surface area contributed by atoms with Crippen molar-refractivity contribution in [3.63, 3.8) is 0 Å². The van der Waals surface area contributed by atoms with Gasteiger partial charge < -0.3 is 94.9 Å². The second-order valence-corrected chi connectivity index (χ2v) is 22.0. The molecule has 31 nitrogen and oxygen atoms in total. The minimum atomic E-state index is -1.47. The van der Waals surface area contributed by atoms with Crippen molar-refractivity contribution in [2.45, 2.75) is 115 Å². The van der Waals surface area contributed by atoms with E-state index in [1.807, 2.05) is 6.92 Å². The largest absolute Gasteiger partial charge is 0.488 e. The maximum absolute atomic E-state index is 15.4. The van der Waals surface area contributed by atoms with Crippen LogP contribution in [0.2, 0.25) is 0 Å². The first-order chi connectivity index (χ1) is 44.2. The number of aliphatic hydroxyl groups is 2. The van der Waals surface area contributed by atoms with E-state index in [0.29, 0.717) is 44.4 Å². The van der Waals surface area contributed by atoms with Crippen LogP contribution in [-0.2, 0) is 54.3 Å². The van der Waals surface area contributed by atoms with Crippen molar-refractivity contribution in [1.29, 1.82) is 0 Å². The van der Waals surface area contributed by atoms with Crippen LogP contribution in [0.3, 0.4) is 0 Å². The van der Waals surface area contributed by atoms with Crippen molar-refractivity contribution in [3.05, 3.63) is 107 Å². The molecule has 6 rings (SSSR count). The summed E-state index contributed by atoms with van der Waals surface area (Å²) in [5, 5.41) is 43.4. The van der Waals surface area contributed by atoms with Crippen molar-refractivity contribution < 1.29 is 76.8 Å². The topological polar surface area (TPSA) is 485 Å². The van der Waals surface area contributed by atoms with Gasteiger partial charge in [-0.15, -0.1) is 0 Å². The molecule has 93 heavy (non-hydrogen) atoms. The average Bonchev–Trinajstić information content (AvgIpc) is 1.66. The van der Waals surface area contributed by atoms with Crippen LogP contribution in [0.4, 0.5) is 4.39 Å². The summed E-state index contributed by atoms with van der Waals surface area (Å²) in [7, 11) is 0. The Labute approximate surface area is 532 Å². The van der Waals surface area contributed by atoms with Gasteiger partial charge in [-0.1, -0.05) is 36.4 Å². The number of nitrogens with zero attached hydrogens (tertiary/aromatic N) is 3. The van der Waals surface area contributed by atoms with Gasteiger partial charge in [0.1, 0.15) is 60.5 Å². The Balaban J connectivity index is 1.12. The average molecular weight is 1300 g/mol. The van der Waals surface area contributed by atoms with Crippen LogP contribution in [0.25, 0.3) is 27.5 Å². The molecule has 3 aromatic carbocycles. The van der Waals surface area contributed by atoms with E-state index in [4.69, 9.17) is 37.1 Å². The lowest BCUT2D eigenvalue weighted by Crippen LogP contribution is -2.59. The van der Waals surface area contributed by atoms with Crippen LogP contribution in [0.15, 0.2) is 79.3 Å². The molecule has 32 heteroatoms. The Kier molecular flexibility index (Phi) is 26.5. The van der Waals surface area contributed by atoms with E-state index in [9.17, 15) is 58.2 Å². The van der Waals surface area contributed by atoms with Gasteiger partial charge in [0.05, 0.1) is 50.0 Å². The minimum absolute atomic E-state index is 0.0299. The number of nitrogens with two attached hydrogens (primary N) is 4. The lowest BCUT2D eigenvalue weighted by molar-refractivity contribution is -0.134. The van der Waals surface area contributed by atoms with Crippen molar-refractivity contribution in [1.82, 2.24) is 62.1 Å². The Morgan fingerprint density at radius 3 is 1.85 bits per heavy atom. The van der Waals surface area contributed by atoms with Gasteiger partial charge in [-0.05, 0) is 114 Å². The zero-order valence-electron chi connectivity index (χ0n) is 51.8. The van der Waals surface area contributed by atoms with Crippen LogP contribution in [-0.4, -0.2) is 183 Å². The number of aryl methyl sites for hydroxylation is 2. The Morgan fingerprint density at radius 1 is 0.677 bits per heavy atom. The highest BCUT2D eigenvalue weighted by Gasteiger charge is 2.31. The number of benzene rings is 3. The molecule has 0 spiro atoms. The number of aromatic amines is 1. The van der Waals surface area contributed by atoms with Crippen molar-refractivity contribution in [2.75, 3.05) is 45.9 Å². The number of fused-ring (bicyclic) bond motifs is 2. The Morgan fingerprint density at radius 2 is 1.25 bits per heavy atom. The molecule has 3 aromatic heterocycles. The van der Waals surface area contributed by atoms with Gasteiger partial charge in [0.25, 0.3) is 0 Å². The molecule has 0 aliphatic heterocycles. The van der Waals surface area contributed by atoms with E-state index in [-0.39, 0.29) is 75.5 Å². The quantitative estimate of drug-likeness (QED) is 0.0192. The normalized spacial score (nSPS) is 13.8. The monoisotopic (exact) mass is 1290 g/mol. The standard InChI is InChI=1S/C61H79FN16O15/c1-31-22-40-41(73-31)14-15-46(52(40)62)93-60-54-34(4)47(28-78(54)72-30-71-60)91-29-33(3)92-61(90)39-12-10-38(11-13-39)37-8-6-36(7-9-37)24-45(56(86)69-26-50(83)74-42(16-19-63)55(85)68-25-48(65)81)77-57(87)43(17-20-64)76-58(88)44(18-21-67-49(82)23-32(2)79)75-51(84)27-70-59(89)53(66)35(5)80/h6-15,22,28,30,32-33,35,42-45,53,73,79-80H,16-21,23-27,29,63-64,66H2,1-5H3,(H2,65,81)(H,67,82)(H,68,85)(H,69,86)(H,70,89)(H,74,83)(H,75,84)(H,76,88)(H,77,87)/t32-,33-,35-,42+,43?,44+,45-,53+/m1/s1. The van der Waals surface area contributed by atoms with Crippen LogP contribution in [0.5, 0.6) is 17.4 Å². The Bertz CT molecular complexity index is 3640. The molecule has 500 valence electrons. The fourth-order valence-corrected chi connectivity index (χ4v) is 9.33. The van der Waals surface area contributed by atoms with Crippen LogP contribution < -0.4 is 74.9 Å². The molecule has 0 aliphatic carbocycles. The number of aromatic nitrogens is 4. The van der Waals surface area contributed by atoms with Gasteiger partial charge in [-0.25, -0.2) is 13.7 Å². The molecule has 9 amide bonds. The maximum Gasteiger partial charge on any atom is 0.338 e. The number of esters is 1. The number of hydrogen-bond acceptors (Lipinski definition) is 20. The second kappa shape index (κ2) is 34.3. The molecule has 6 aromatic rings. The van der Waals surface area contributed by atoms with E-state index < -0.39 is 133 Å². The zero-order valence-corrected chi connectivity index (χ0v) is 51.8. The summed E-state index contributed by atoms with van der Waals surface area (Å²) in [4.78, 5) is 138. The number of ether oxygens (including phenoxy) is 3. The van der Waals surface area contributed by atoms with Gasteiger partial charge in [0, 0.05) is 35.1 Å². The summed E-state index contributed by atoms with van der Waals surface area (Å²) >= 11 is 0. The number of H-pyrrole nitrogens is 1. The molecule has 1 unspecified atom stereocenters. The highest BCUT2D eigenvalue weighted by molar-refractivity contribution is 5.97. The molecule has 0 saturated carbocycles. The maximum atomic E-state index is 15.4. The second-order valence-electron chi connectivity index (χ2n) is 22.0. The molecular formula is C61H79FN16O15. The van der Waals surface area contributed by atoms with Gasteiger partial charge in [-0.3, -0.25) is 43.2 Å². The number of nitrogens with one attached hydrogen (secondary N) is 9. The van der Waals surface area contributed by atoms with Crippen molar-refractivity contribution >= 4 is 75.6 Å². The van der Waals surface area contributed by atoms with Crippen LogP contribution in [0, 0.1) is 19.7 Å². The molecule has 3 heterocycles. The number of hydrogen-bond donors (Lipinski definition) is 15. The molecule has 0 radical (unpaired) electrons. The van der Waals surface area contributed by atoms with Gasteiger partial charge >= 0.3 is 5.97 Å². The fraction of sp³-hybridized carbons (Fsp3) is 0.410. The van der Waals surface area contributed by atoms with E-state index in [0.717, 1.165) is 5.69 Å². The summed E-state index contributed by atoms with van der Waals surface area (Å²) in [6.45, 7) is 5.46. The number of halogens is 1. The first-order valence-corrected chi connectivity index (χ1v) is 29.7. The fourth-order valence-electron chi connectivity index (χ4n) is 9.33. The summed E-state index contributed by atoms with van der Waals surface area (Å²) in [5.74, 6) is -8.32. The Hall–Kier alpha value is -10.2. The molecule has 0 aliphatic rings. The third-order valence-electron chi connectivity index (χ3n) is 14.2. The van der Waals surface area contributed by atoms with Gasteiger partial charge in [0.15, 0.2) is 11.6 Å². The summed E-state index contributed by atoms with van der Waals surface area (Å²) in [5.41, 5.74) is 26.8. The molecule has 0 saturated heterocycles. The lowest BCUT2D eigenvalue weighted by Gasteiger charge is -2.25. The number of carbonyl (C=O) groups is 10. The van der Waals surface area contributed by atoms with E-state index in [1.54, 1.807) is 80.7 Å². The summed E-state index contributed by atoms with van der Waals surface area (Å²) < 4.78 is 34.7. The third-order valence-corrected chi connectivity index (χ3v) is 14.2. The summed E-state index contributed by atoms with van der Waals surface area (Å²) in [6.07, 6.45) is -1.14. The number of carbonyl (C=O) groups excluding carboxylic acids is 10. The smallest absolute Gasteiger partial charge is 0.338 e. The van der Waals surface area contributed by atoms with Gasteiger partial charge in [-0.2, -0.15) is 10.1 Å². The third kappa shape index (κ3) is 21.2. The lowest BCUT2D eigenvalue weighted by atomic mass is 9.99. The van der Waals surface area contributed by atoms with Crippen molar-refractivity contribution in [3.8, 4) is 28.5 Å². The van der Waals surface area contributed by atoms with Crippen LogP contribution >= 0.6 is 0 Å². The van der Waals surface area contributed by atoms with E-state index in [2.05, 4.69) is 57.6 Å². The van der Waals surface area contributed by atoms with E-state index in [1.165, 1.54) is 30.8 Å². The molecule has 0 fully saturated rings. The molecular weight excluding hydrogens is 1220 g/mol. The highest BCUT2D eigenvalue weighted by Crippen LogP contribution is 2.35. The predicted molar refractivity (Wildman–Crippen MR) is 334 cm³/mol. The van der Waals surface area contributed by atoms with Crippen LogP contribution in [0.1, 0.15) is 73.6 Å². The van der Waals surface area contributed by atoms with Crippen molar-refractivity contribution in [2.24, 2.45) is 22.9 Å². The zero-order chi connectivity index (χ0) is 68.1.